The molecule has 0 amide bonds. The average Bonchev–Trinajstić information content (AvgIpc) is 2.89. The molecule has 4 aromatic carbocycles. The fourth-order valence-corrected chi connectivity index (χ4v) is 6.64. The van der Waals surface area contributed by atoms with Crippen molar-refractivity contribution in [2.24, 2.45) is 0 Å². The maximum Gasteiger partial charge on any atom is 0.0713 e. The maximum atomic E-state index is 4.53. The van der Waals surface area contributed by atoms with E-state index in [1.54, 1.807) is 0 Å². The first-order valence-electron chi connectivity index (χ1n) is 12.1. The van der Waals surface area contributed by atoms with Gasteiger partial charge in [0.2, 0.25) is 0 Å². The van der Waals surface area contributed by atoms with Gasteiger partial charge in [-0.25, -0.2) is 0 Å². The van der Waals surface area contributed by atoms with Crippen LogP contribution in [0.2, 0.25) is 0 Å². The second-order valence-electron chi connectivity index (χ2n) is 8.65. The number of thioether (sulfide) groups is 2. The Morgan fingerprint density at radius 2 is 1.09 bits per heavy atom. The minimum Gasteiger partial charge on any atom is -0.126 e. The average molecular weight is 479 g/mol. The lowest BCUT2D eigenvalue weighted by atomic mass is 9.59. The van der Waals surface area contributed by atoms with Crippen molar-refractivity contribution >= 4 is 29.1 Å². The van der Waals surface area contributed by atoms with Crippen LogP contribution in [0.25, 0.3) is 5.57 Å². The minimum atomic E-state index is -0.391. The first-order valence-corrected chi connectivity index (χ1v) is 14.0. The zero-order valence-electron chi connectivity index (χ0n) is 19.9. The fraction of sp³-hybridized carbons (Fsp3) is 0.188. The van der Waals surface area contributed by atoms with Gasteiger partial charge < -0.3 is 0 Å². The molecule has 4 aromatic rings. The van der Waals surface area contributed by atoms with Gasteiger partial charge in [0.25, 0.3) is 0 Å². The van der Waals surface area contributed by atoms with Crippen LogP contribution < -0.4 is 0 Å². The predicted octanol–water partition coefficient (Wildman–Crippen LogP) is 9.06. The Morgan fingerprint density at radius 1 is 0.618 bits per heavy atom. The molecule has 0 N–H and O–H groups in total. The van der Waals surface area contributed by atoms with E-state index in [1.807, 2.05) is 23.5 Å². The molecular formula is C32H30S2. The summed E-state index contributed by atoms with van der Waals surface area (Å²) in [6, 6.07) is 36.2. The summed E-state index contributed by atoms with van der Waals surface area (Å²) in [6.07, 6.45) is 1.18. The zero-order valence-corrected chi connectivity index (χ0v) is 21.5. The van der Waals surface area contributed by atoms with Crippen molar-refractivity contribution < 1.29 is 0 Å². The summed E-state index contributed by atoms with van der Waals surface area (Å²) in [5.41, 5.74) is 8.40. The highest BCUT2D eigenvalue weighted by molar-refractivity contribution is 7.99. The lowest BCUT2D eigenvalue weighted by Gasteiger charge is -2.43. The van der Waals surface area contributed by atoms with Crippen molar-refractivity contribution in [2.45, 2.75) is 35.5 Å². The standard InChI is InChI=1S/C32H30S2/c1-4-22-34-27-20-16-25(17-21-27)32(24-14-18-26(19-15-24)33-5-2)30-12-8-6-10-28(30)23(3)29-11-7-9-13-31(29)32/h6-21H,3-5,22H2,1-2H3. The van der Waals surface area contributed by atoms with Gasteiger partial charge in [-0.1, -0.05) is 93.2 Å². The van der Waals surface area contributed by atoms with E-state index in [1.165, 1.54) is 49.6 Å². The van der Waals surface area contributed by atoms with Crippen molar-refractivity contribution in [1.82, 2.24) is 0 Å². The zero-order chi connectivity index (χ0) is 23.5. The Hall–Kier alpha value is -2.68. The van der Waals surface area contributed by atoms with Gasteiger partial charge in [0.1, 0.15) is 0 Å². The van der Waals surface area contributed by atoms with Gasteiger partial charge in [0.15, 0.2) is 0 Å². The molecule has 0 nitrogen and oxygen atoms in total. The monoisotopic (exact) mass is 478 g/mol. The Morgan fingerprint density at radius 3 is 1.56 bits per heavy atom. The van der Waals surface area contributed by atoms with Crippen LogP contribution in [-0.4, -0.2) is 11.5 Å². The van der Waals surface area contributed by atoms with Crippen LogP contribution >= 0.6 is 23.5 Å². The van der Waals surface area contributed by atoms with E-state index in [-0.39, 0.29) is 0 Å². The number of hydrogen-bond donors (Lipinski definition) is 0. The van der Waals surface area contributed by atoms with E-state index in [4.69, 9.17) is 0 Å². The van der Waals surface area contributed by atoms with E-state index in [2.05, 4.69) is 117 Å². The number of fused-ring (bicyclic) bond motifs is 2. The smallest absolute Gasteiger partial charge is 0.0713 e. The van der Waals surface area contributed by atoms with Gasteiger partial charge in [0, 0.05) is 9.79 Å². The summed E-state index contributed by atoms with van der Waals surface area (Å²) < 4.78 is 0. The van der Waals surface area contributed by atoms with Gasteiger partial charge in [0.05, 0.1) is 5.41 Å². The Bertz CT molecular complexity index is 1250. The van der Waals surface area contributed by atoms with Gasteiger partial charge in [-0.05, 0) is 81.1 Å². The molecule has 1 aliphatic rings. The highest BCUT2D eigenvalue weighted by Gasteiger charge is 2.44. The lowest BCUT2D eigenvalue weighted by molar-refractivity contribution is 0.729. The molecule has 34 heavy (non-hydrogen) atoms. The number of rotatable bonds is 7. The van der Waals surface area contributed by atoms with Crippen molar-refractivity contribution in [3.63, 3.8) is 0 Å². The van der Waals surface area contributed by atoms with Crippen molar-refractivity contribution in [3.8, 4) is 0 Å². The quantitative estimate of drug-likeness (QED) is 0.214. The van der Waals surface area contributed by atoms with Crippen LogP contribution in [0.5, 0.6) is 0 Å². The molecule has 0 atom stereocenters. The molecule has 0 unspecified atom stereocenters. The van der Waals surface area contributed by atoms with Crippen molar-refractivity contribution in [1.29, 1.82) is 0 Å². The summed E-state index contributed by atoms with van der Waals surface area (Å²) in [4.78, 5) is 2.65. The van der Waals surface area contributed by atoms with Crippen LogP contribution in [0.3, 0.4) is 0 Å². The molecule has 0 aromatic heterocycles. The SMILES string of the molecule is C=C1c2ccccc2C(c2ccc(SCC)cc2)(c2ccc(SCCC)cc2)c2ccccc21. The molecule has 2 heteroatoms. The first-order chi connectivity index (χ1) is 16.7. The molecule has 0 spiro atoms. The molecule has 0 heterocycles. The second-order valence-corrected chi connectivity index (χ2v) is 11.2. The lowest BCUT2D eigenvalue weighted by Crippen LogP contribution is -2.35. The molecular weight excluding hydrogens is 448 g/mol. The Kier molecular flexibility index (Phi) is 6.72. The summed E-state index contributed by atoms with van der Waals surface area (Å²) in [7, 11) is 0. The fourth-order valence-electron chi connectivity index (χ4n) is 5.21. The summed E-state index contributed by atoms with van der Waals surface area (Å²) in [6.45, 7) is 8.97. The minimum absolute atomic E-state index is 0.391. The third-order valence-electron chi connectivity index (χ3n) is 6.67. The maximum absolute atomic E-state index is 4.53. The Balaban J connectivity index is 1.81. The molecule has 5 rings (SSSR count). The molecule has 0 bridgehead atoms. The highest BCUT2D eigenvalue weighted by atomic mass is 32.2. The summed E-state index contributed by atoms with van der Waals surface area (Å²) in [5, 5.41) is 0. The van der Waals surface area contributed by atoms with Crippen molar-refractivity contribution in [2.75, 3.05) is 11.5 Å². The number of hydrogen-bond acceptors (Lipinski definition) is 2. The molecule has 0 saturated heterocycles. The second kappa shape index (κ2) is 9.90. The van der Waals surface area contributed by atoms with Gasteiger partial charge >= 0.3 is 0 Å². The van der Waals surface area contributed by atoms with Crippen LogP contribution in [0.4, 0.5) is 0 Å². The molecule has 1 aliphatic carbocycles. The van der Waals surface area contributed by atoms with E-state index in [9.17, 15) is 0 Å². The molecule has 0 aliphatic heterocycles. The molecule has 170 valence electrons. The van der Waals surface area contributed by atoms with E-state index in [0.717, 1.165) is 17.1 Å². The van der Waals surface area contributed by atoms with Gasteiger partial charge in [-0.15, -0.1) is 23.5 Å². The first kappa shape index (κ1) is 23.1. The molecule has 0 fully saturated rings. The van der Waals surface area contributed by atoms with Gasteiger partial charge in [-0.2, -0.15) is 0 Å². The van der Waals surface area contributed by atoms with E-state index < -0.39 is 5.41 Å². The van der Waals surface area contributed by atoms with Crippen molar-refractivity contribution in [3.05, 3.63) is 137 Å². The van der Waals surface area contributed by atoms with E-state index in [0.29, 0.717) is 0 Å². The number of benzene rings is 4. The van der Waals surface area contributed by atoms with Gasteiger partial charge in [-0.3, -0.25) is 0 Å². The third-order valence-corrected chi connectivity index (χ3v) is 8.78. The van der Waals surface area contributed by atoms with E-state index >= 15 is 0 Å². The molecule has 0 saturated carbocycles. The van der Waals surface area contributed by atoms with Crippen LogP contribution in [0.1, 0.15) is 53.6 Å². The third kappa shape index (κ3) is 3.83. The molecule has 0 radical (unpaired) electrons. The topological polar surface area (TPSA) is 0 Å². The predicted molar refractivity (Wildman–Crippen MR) is 150 cm³/mol. The largest absolute Gasteiger partial charge is 0.126 e. The van der Waals surface area contributed by atoms with Crippen LogP contribution in [0.15, 0.2) is 113 Å². The highest BCUT2D eigenvalue weighted by Crippen LogP contribution is 2.53. The summed E-state index contributed by atoms with van der Waals surface area (Å²) >= 11 is 3.82. The Labute approximate surface area is 212 Å². The van der Waals surface area contributed by atoms with Crippen LogP contribution in [0, 0.1) is 0 Å². The normalized spacial score (nSPS) is 13.9. The summed E-state index contributed by atoms with van der Waals surface area (Å²) in [5.74, 6) is 2.22. The van der Waals surface area contributed by atoms with Crippen LogP contribution in [-0.2, 0) is 5.41 Å².